The van der Waals surface area contributed by atoms with E-state index in [0.717, 1.165) is 25.4 Å². The molecule has 0 radical (unpaired) electrons. The normalized spacial score (nSPS) is 19.1. The number of rotatable bonds is 6. The fourth-order valence-electron chi connectivity index (χ4n) is 2.08. The first kappa shape index (κ1) is 14.1. The Morgan fingerprint density at radius 1 is 1.50 bits per heavy atom. The summed E-state index contributed by atoms with van der Waals surface area (Å²) in [5, 5.41) is 3.38. The zero-order valence-corrected chi connectivity index (χ0v) is 12.9. The van der Waals surface area contributed by atoms with Crippen LogP contribution in [0.4, 0.5) is 0 Å². The minimum Gasteiger partial charge on any atom is -0.492 e. The molecule has 1 aromatic rings. The number of benzene rings is 1. The molecule has 0 bridgehead atoms. The van der Waals surface area contributed by atoms with E-state index in [4.69, 9.17) is 9.47 Å². The summed E-state index contributed by atoms with van der Waals surface area (Å²) in [7, 11) is 0. The second-order valence-electron chi connectivity index (χ2n) is 4.60. The maximum atomic E-state index is 5.75. The summed E-state index contributed by atoms with van der Waals surface area (Å²) in [6, 6.07) is 6.25. The maximum absolute atomic E-state index is 5.75. The molecule has 0 aromatic heterocycles. The van der Waals surface area contributed by atoms with Crippen LogP contribution in [-0.2, 0) is 4.74 Å². The Balaban J connectivity index is 1.62. The third-order valence-corrected chi connectivity index (χ3v) is 3.74. The lowest BCUT2D eigenvalue weighted by molar-refractivity contribution is 0.109. The van der Waals surface area contributed by atoms with E-state index in [2.05, 4.69) is 47.0 Å². The van der Waals surface area contributed by atoms with E-state index in [-0.39, 0.29) is 0 Å². The lowest BCUT2D eigenvalue weighted by Crippen LogP contribution is -2.29. The standard InChI is InChI=1S/C14H20INO2/c1-11-9-12(15)4-5-14(11)18-8-6-16-10-13-3-2-7-17-13/h4-5,9,13,16H,2-3,6-8,10H2,1H3. The molecular weight excluding hydrogens is 341 g/mol. The number of ether oxygens (including phenoxy) is 2. The van der Waals surface area contributed by atoms with Gasteiger partial charge in [0.15, 0.2) is 0 Å². The first-order valence-electron chi connectivity index (χ1n) is 6.47. The molecule has 18 heavy (non-hydrogen) atoms. The van der Waals surface area contributed by atoms with Crippen molar-refractivity contribution in [1.29, 1.82) is 0 Å². The molecule has 1 aromatic carbocycles. The highest BCUT2D eigenvalue weighted by atomic mass is 127. The lowest BCUT2D eigenvalue weighted by Gasteiger charge is -2.12. The number of aryl methyl sites for hydroxylation is 1. The molecule has 1 heterocycles. The Morgan fingerprint density at radius 3 is 3.11 bits per heavy atom. The van der Waals surface area contributed by atoms with Gasteiger partial charge in [-0.2, -0.15) is 0 Å². The minimum absolute atomic E-state index is 0.407. The predicted octanol–water partition coefficient (Wildman–Crippen LogP) is 2.75. The van der Waals surface area contributed by atoms with Crippen molar-refractivity contribution in [2.24, 2.45) is 0 Å². The fourth-order valence-corrected chi connectivity index (χ4v) is 2.72. The number of nitrogens with one attached hydrogen (secondary N) is 1. The Kier molecular flexibility index (Phi) is 5.72. The van der Waals surface area contributed by atoms with Crippen LogP contribution in [0.3, 0.4) is 0 Å². The van der Waals surface area contributed by atoms with Gasteiger partial charge in [0.05, 0.1) is 6.10 Å². The van der Waals surface area contributed by atoms with Crippen LogP contribution in [0.2, 0.25) is 0 Å². The smallest absolute Gasteiger partial charge is 0.122 e. The molecule has 2 rings (SSSR count). The van der Waals surface area contributed by atoms with Crippen molar-refractivity contribution in [3.63, 3.8) is 0 Å². The largest absolute Gasteiger partial charge is 0.492 e. The molecule has 0 saturated carbocycles. The zero-order valence-electron chi connectivity index (χ0n) is 10.7. The van der Waals surface area contributed by atoms with Crippen molar-refractivity contribution in [1.82, 2.24) is 5.32 Å². The molecule has 1 aliphatic heterocycles. The summed E-state index contributed by atoms with van der Waals surface area (Å²) in [4.78, 5) is 0. The van der Waals surface area contributed by atoms with Gasteiger partial charge in [0.25, 0.3) is 0 Å². The van der Waals surface area contributed by atoms with Crippen molar-refractivity contribution in [2.45, 2.75) is 25.9 Å². The van der Waals surface area contributed by atoms with Gasteiger partial charge < -0.3 is 14.8 Å². The van der Waals surface area contributed by atoms with Gasteiger partial charge in [0.1, 0.15) is 12.4 Å². The molecule has 4 heteroatoms. The van der Waals surface area contributed by atoms with Crippen LogP contribution in [0.5, 0.6) is 5.75 Å². The average molecular weight is 361 g/mol. The predicted molar refractivity (Wildman–Crippen MR) is 81.2 cm³/mol. The quantitative estimate of drug-likeness (QED) is 0.625. The van der Waals surface area contributed by atoms with Gasteiger partial charge in [-0.25, -0.2) is 0 Å². The average Bonchev–Trinajstić information content (AvgIpc) is 2.84. The molecule has 1 aliphatic rings. The van der Waals surface area contributed by atoms with Gasteiger partial charge in [0, 0.05) is 23.3 Å². The second-order valence-corrected chi connectivity index (χ2v) is 5.84. The van der Waals surface area contributed by atoms with E-state index in [9.17, 15) is 0 Å². The number of halogens is 1. The highest BCUT2D eigenvalue weighted by molar-refractivity contribution is 14.1. The Morgan fingerprint density at radius 2 is 2.39 bits per heavy atom. The Hall–Kier alpha value is -0.330. The van der Waals surface area contributed by atoms with Crippen LogP contribution in [0.1, 0.15) is 18.4 Å². The van der Waals surface area contributed by atoms with Gasteiger partial charge in [-0.05, 0) is 66.1 Å². The van der Waals surface area contributed by atoms with E-state index in [0.29, 0.717) is 12.7 Å². The highest BCUT2D eigenvalue weighted by Gasteiger charge is 2.14. The molecule has 0 spiro atoms. The van der Waals surface area contributed by atoms with Gasteiger partial charge in [-0.1, -0.05) is 0 Å². The molecule has 1 saturated heterocycles. The van der Waals surface area contributed by atoms with Crippen molar-refractivity contribution in [3.05, 3.63) is 27.3 Å². The van der Waals surface area contributed by atoms with Gasteiger partial charge in [-0.15, -0.1) is 0 Å². The number of hydrogen-bond donors (Lipinski definition) is 1. The van der Waals surface area contributed by atoms with E-state index in [1.54, 1.807) is 0 Å². The molecule has 1 atom stereocenters. The first-order valence-corrected chi connectivity index (χ1v) is 7.55. The van der Waals surface area contributed by atoms with Gasteiger partial charge in [-0.3, -0.25) is 0 Å². The van der Waals surface area contributed by atoms with E-state index in [1.165, 1.54) is 22.0 Å². The third-order valence-electron chi connectivity index (χ3n) is 3.07. The van der Waals surface area contributed by atoms with E-state index < -0.39 is 0 Å². The van der Waals surface area contributed by atoms with E-state index in [1.807, 2.05) is 6.07 Å². The molecule has 1 fully saturated rings. The summed E-state index contributed by atoms with van der Waals surface area (Å²) >= 11 is 2.31. The van der Waals surface area contributed by atoms with Crippen LogP contribution in [0, 0.1) is 10.5 Å². The van der Waals surface area contributed by atoms with Crippen LogP contribution < -0.4 is 10.1 Å². The van der Waals surface area contributed by atoms with Gasteiger partial charge >= 0.3 is 0 Å². The summed E-state index contributed by atoms with van der Waals surface area (Å²) in [5.74, 6) is 0.981. The summed E-state index contributed by atoms with van der Waals surface area (Å²) < 4.78 is 12.5. The Bertz CT molecular complexity index is 378. The fraction of sp³-hybridized carbons (Fsp3) is 0.571. The van der Waals surface area contributed by atoms with Crippen molar-refractivity contribution >= 4 is 22.6 Å². The first-order chi connectivity index (χ1) is 8.75. The molecule has 1 N–H and O–H groups in total. The van der Waals surface area contributed by atoms with E-state index >= 15 is 0 Å². The molecule has 100 valence electrons. The Labute approximate surface area is 122 Å². The van der Waals surface area contributed by atoms with Crippen molar-refractivity contribution in [2.75, 3.05) is 26.3 Å². The minimum atomic E-state index is 0.407. The monoisotopic (exact) mass is 361 g/mol. The molecular formula is C14H20INO2. The molecule has 0 amide bonds. The summed E-state index contributed by atoms with van der Waals surface area (Å²) in [5.41, 5.74) is 1.20. The summed E-state index contributed by atoms with van der Waals surface area (Å²) in [6.45, 7) is 5.51. The molecule has 3 nitrogen and oxygen atoms in total. The number of hydrogen-bond acceptors (Lipinski definition) is 3. The van der Waals surface area contributed by atoms with Crippen molar-refractivity contribution in [3.8, 4) is 5.75 Å². The lowest BCUT2D eigenvalue weighted by atomic mass is 10.2. The maximum Gasteiger partial charge on any atom is 0.122 e. The highest BCUT2D eigenvalue weighted by Crippen LogP contribution is 2.19. The second kappa shape index (κ2) is 7.31. The molecule has 0 aliphatic carbocycles. The van der Waals surface area contributed by atoms with Crippen LogP contribution in [0.15, 0.2) is 18.2 Å². The summed E-state index contributed by atoms with van der Waals surface area (Å²) in [6.07, 6.45) is 2.79. The topological polar surface area (TPSA) is 30.5 Å². The van der Waals surface area contributed by atoms with Crippen LogP contribution in [-0.4, -0.2) is 32.4 Å². The molecule has 1 unspecified atom stereocenters. The van der Waals surface area contributed by atoms with Crippen LogP contribution in [0.25, 0.3) is 0 Å². The zero-order chi connectivity index (χ0) is 12.8. The van der Waals surface area contributed by atoms with Crippen molar-refractivity contribution < 1.29 is 9.47 Å². The third kappa shape index (κ3) is 4.40. The van der Waals surface area contributed by atoms with Crippen LogP contribution >= 0.6 is 22.6 Å². The van der Waals surface area contributed by atoms with Gasteiger partial charge in [0.2, 0.25) is 0 Å². The SMILES string of the molecule is Cc1cc(I)ccc1OCCNCC1CCCO1.